The van der Waals surface area contributed by atoms with Gasteiger partial charge in [0.05, 0.1) is 19.9 Å². The number of aromatic nitrogens is 3. The summed E-state index contributed by atoms with van der Waals surface area (Å²) in [7, 11) is 1.32. The maximum Gasteiger partial charge on any atom is 0.360 e. The molecule has 0 N–H and O–H groups in total. The van der Waals surface area contributed by atoms with Crippen LogP contribution >= 0.6 is 11.8 Å². The van der Waals surface area contributed by atoms with Gasteiger partial charge in [0.15, 0.2) is 5.69 Å². The summed E-state index contributed by atoms with van der Waals surface area (Å²) < 4.78 is 6.12. The number of hydrogen-bond donors (Lipinski definition) is 0. The van der Waals surface area contributed by atoms with Crippen molar-refractivity contribution in [2.75, 3.05) is 19.1 Å². The molecule has 0 amide bonds. The molecule has 0 fully saturated rings. The number of rotatable bonds is 4. The van der Waals surface area contributed by atoms with E-state index >= 15 is 0 Å². The van der Waals surface area contributed by atoms with Gasteiger partial charge in [-0.1, -0.05) is 5.21 Å². The van der Waals surface area contributed by atoms with Crippen LogP contribution < -0.4 is 0 Å². The molecule has 1 aromatic rings. The zero-order valence-corrected chi connectivity index (χ0v) is 8.37. The van der Waals surface area contributed by atoms with Gasteiger partial charge in [-0.15, -0.1) is 5.10 Å². The van der Waals surface area contributed by atoms with Crippen molar-refractivity contribution >= 4 is 17.7 Å². The lowest BCUT2D eigenvalue weighted by molar-refractivity contribution is 0.0594. The number of nitrogens with zero attached hydrogens (tertiary/aromatic N) is 3. The molecule has 13 heavy (non-hydrogen) atoms. The highest BCUT2D eigenvalue weighted by molar-refractivity contribution is 7.98. The molecular weight excluding hydrogens is 190 g/mol. The molecule has 0 spiro atoms. The first kappa shape index (κ1) is 10.0. The van der Waals surface area contributed by atoms with E-state index in [-0.39, 0.29) is 5.69 Å². The zero-order chi connectivity index (χ0) is 9.68. The van der Waals surface area contributed by atoms with Crippen LogP contribution in [0.15, 0.2) is 6.20 Å². The average Bonchev–Trinajstić information content (AvgIpc) is 2.62. The first-order valence-electron chi connectivity index (χ1n) is 3.75. The largest absolute Gasteiger partial charge is 0.464 e. The van der Waals surface area contributed by atoms with Gasteiger partial charge in [-0.25, -0.2) is 4.79 Å². The Kier molecular flexibility index (Phi) is 3.75. The van der Waals surface area contributed by atoms with E-state index in [1.165, 1.54) is 7.11 Å². The lowest BCUT2D eigenvalue weighted by Crippen LogP contribution is -2.02. The van der Waals surface area contributed by atoms with Crippen molar-refractivity contribution in [3.8, 4) is 0 Å². The van der Waals surface area contributed by atoms with Gasteiger partial charge >= 0.3 is 5.97 Å². The molecule has 0 aromatic carbocycles. The van der Waals surface area contributed by atoms with Crippen LogP contribution in [0.5, 0.6) is 0 Å². The summed E-state index contributed by atoms with van der Waals surface area (Å²) in [6.45, 7) is 0.755. The van der Waals surface area contributed by atoms with Crippen LogP contribution in [0.3, 0.4) is 0 Å². The number of hydrogen-bond acceptors (Lipinski definition) is 5. The molecular formula is C7H11N3O2S. The Labute approximate surface area is 80.4 Å². The fourth-order valence-corrected chi connectivity index (χ4v) is 1.16. The second-order valence-electron chi connectivity index (χ2n) is 2.35. The van der Waals surface area contributed by atoms with Crippen molar-refractivity contribution < 1.29 is 9.53 Å². The van der Waals surface area contributed by atoms with Crippen molar-refractivity contribution in [2.45, 2.75) is 6.54 Å². The molecule has 5 nitrogen and oxygen atoms in total. The number of ether oxygens (including phenoxy) is 1. The van der Waals surface area contributed by atoms with E-state index in [9.17, 15) is 4.79 Å². The summed E-state index contributed by atoms with van der Waals surface area (Å²) >= 11 is 1.72. The van der Waals surface area contributed by atoms with Crippen LogP contribution in [0.2, 0.25) is 0 Å². The normalized spacial score (nSPS) is 10.0. The SMILES string of the molecule is COC(=O)c1cn(CCSC)nn1. The third-order valence-electron chi connectivity index (χ3n) is 1.46. The Morgan fingerprint density at radius 2 is 2.54 bits per heavy atom. The number of methoxy groups -OCH3 is 1. The second kappa shape index (κ2) is 4.86. The molecule has 1 heterocycles. The second-order valence-corrected chi connectivity index (χ2v) is 3.34. The number of esters is 1. The first-order chi connectivity index (χ1) is 6.27. The summed E-state index contributed by atoms with van der Waals surface area (Å²) in [4.78, 5) is 11.0. The van der Waals surface area contributed by atoms with Gasteiger partial charge in [-0.05, 0) is 6.26 Å². The number of carbonyl (C=O) groups excluding carboxylic acids is 1. The quantitative estimate of drug-likeness (QED) is 0.661. The van der Waals surface area contributed by atoms with Gasteiger partial charge in [0.1, 0.15) is 0 Å². The lowest BCUT2D eigenvalue weighted by atomic mass is 10.5. The van der Waals surface area contributed by atoms with Crippen molar-refractivity contribution in [1.82, 2.24) is 15.0 Å². The monoisotopic (exact) mass is 201 g/mol. The van der Waals surface area contributed by atoms with E-state index < -0.39 is 5.97 Å². The third-order valence-corrected chi connectivity index (χ3v) is 2.05. The van der Waals surface area contributed by atoms with Crippen molar-refractivity contribution in [3.05, 3.63) is 11.9 Å². The zero-order valence-electron chi connectivity index (χ0n) is 7.56. The van der Waals surface area contributed by atoms with Crippen LogP contribution in [0.25, 0.3) is 0 Å². The standard InChI is InChI=1S/C7H11N3O2S/c1-12-7(11)6-5-10(9-8-6)3-4-13-2/h5H,3-4H2,1-2H3. The van der Waals surface area contributed by atoms with Crippen molar-refractivity contribution in [2.24, 2.45) is 0 Å². The van der Waals surface area contributed by atoms with Gasteiger partial charge < -0.3 is 4.74 Å². The van der Waals surface area contributed by atoms with Gasteiger partial charge in [0.25, 0.3) is 0 Å². The summed E-state index contributed by atoms with van der Waals surface area (Å²) in [6.07, 6.45) is 3.60. The van der Waals surface area contributed by atoms with E-state index in [0.29, 0.717) is 0 Å². The minimum atomic E-state index is -0.449. The summed E-state index contributed by atoms with van der Waals surface area (Å²) in [5.41, 5.74) is 0.253. The average molecular weight is 201 g/mol. The van der Waals surface area contributed by atoms with E-state index in [2.05, 4.69) is 15.0 Å². The minimum Gasteiger partial charge on any atom is -0.464 e. The molecule has 6 heteroatoms. The Bertz CT molecular complexity index is 287. The predicted molar refractivity (Wildman–Crippen MR) is 49.7 cm³/mol. The van der Waals surface area contributed by atoms with Crippen LogP contribution in [0.4, 0.5) is 0 Å². The van der Waals surface area contributed by atoms with E-state index in [1.54, 1.807) is 22.6 Å². The summed E-state index contributed by atoms with van der Waals surface area (Å²) in [5, 5.41) is 7.44. The smallest absolute Gasteiger partial charge is 0.360 e. The molecule has 0 unspecified atom stereocenters. The van der Waals surface area contributed by atoms with Crippen LogP contribution in [-0.4, -0.2) is 40.1 Å². The van der Waals surface area contributed by atoms with Gasteiger partial charge in [-0.2, -0.15) is 11.8 Å². The fourth-order valence-electron chi connectivity index (χ4n) is 0.791. The maximum absolute atomic E-state index is 11.0. The van der Waals surface area contributed by atoms with Gasteiger partial charge in [-0.3, -0.25) is 4.68 Å². The molecule has 1 rings (SSSR count). The maximum atomic E-state index is 11.0. The van der Waals surface area contributed by atoms with Crippen molar-refractivity contribution in [1.29, 1.82) is 0 Å². The minimum absolute atomic E-state index is 0.253. The highest BCUT2D eigenvalue weighted by Crippen LogP contribution is 1.98. The van der Waals surface area contributed by atoms with Gasteiger partial charge in [0.2, 0.25) is 0 Å². The molecule has 0 atom stereocenters. The molecule has 0 aliphatic heterocycles. The van der Waals surface area contributed by atoms with E-state index in [4.69, 9.17) is 0 Å². The number of aryl methyl sites for hydroxylation is 1. The Balaban J connectivity index is 2.58. The van der Waals surface area contributed by atoms with Crippen LogP contribution in [-0.2, 0) is 11.3 Å². The lowest BCUT2D eigenvalue weighted by Gasteiger charge is -1.95. The highest BCUT2D eigenvalue weighted by Gasteiger charge is 2.09. The van der Waals surface area contributed by atoms with E-state index in [0.717, 1.165) is 12.3 Å². The molecule has 0 aliphatic rings. The third kappa shape index (κ3) is 2.73. The molecule has 1 aromatic heterocycles. The van der Waals surface area contributed by atoms with Crippen LogP contribution in [0, 0.1) is 0 Å². The molecule has 0 aliphatic carbocycles. The fraction of sp³-hybridized carbons (Fsp3) is 0.571. The summed E-state index contributed by atoms with van der Waals surface area (Å²) in [6, 6.07) is 0. The molecule has 0 radical (unpaired) electrons. The Morgan fingerprint density at radius 1 is 1.77 bits per heavy atom. The number of carbonyl (C=O) groups is 1. The first-order valence-corrected chi connectivity index (χ1v) is 5.14. The molecule has 72 valence electrons. The van der Waals surface area contributed by atoms with Crippen LogP contribution in [0.1, 0.15) is 10.5 Å². The topological polar surface area (TPSA) is 57.0 Å². The predicted octanol–water partition coefficient (Wildman–Crippen LogP) is 0.428. The highest BCUT2D eigenvalue weighted by atomic mass is 32.2. The van der Waals surface area contributed by atoms with Gasteiger partial charge in [0, 0.05) is 5.75 Å². The Hall–Kier alpha value is -1.04. The van der Waals surface area contributed by atoms with Crippen molar-refractivity contribution in [3.63, 3.8) is 0 Å². The molecule has 0 bridgehead atoms. The Morgan fingerprint density at radius 3 is 3.15 bits per heavy atom. The van der Waals surface area contributed by atoms with E-state index in [1.807, 2.05) is 6.26 Å². The number of thioether (sulfide) groups is 1. The summed E-state index contributed by atoms with van der Waals surface area (Å²) in [5.74, 6) is 0.500. The molecule has 0 saturated carbocycles. The molecule has 0 saturated heterocycles.